The topological polar surface area (TPSA) is 19.4 Å². The van der Waals surface area contributed by atoms with Crippen molar-refractivity contribution in [2.24, 2.45) is 0 Å². The maximum absolute atomic E-state index is 2.49. The lowest BCUT2D eigenvalue weighted by molar-refractivity contribution is 0.300. The Labute approximate surface area is 122 Å². The van der Waals surface area contributed by atoms with Gasteiger partial charge in [0.25, 0.3) is 0 Å². The van der Waals surface area contributed by atoms with Crippen molar-refractivity contribution >= 4 is 15.8 Å². The third-order valence-corrected chi connectivity index (χ3v) is 8.32. The second-order valence-electron chi connectivity index (χ2n) is 6.17. The molecule has 0 aromatic heterocycles. The molecule has 0 radical (unpaired) electrons. The number of hydrogen-bond donors (Lipinski definition) is 0. The first-order valence-corrected chi connectivity index (χ1v) is 8.38. The Bertz CT molecular complexity index is 242. The van der Waals surface area contributed by atoms with Crippen LogP contribution < -0.4 is 0 Å². The Hall–Kier alpha value is 0.0418. The van der Waals surface area contributed by atoms with Crippen molar-refractivity contribution in [1.29, 1.82) is 0 Å². The molecular formula is C11H33BN6Si. The first-order valence-electron chi connectivity index (χ1n) is 6.59. The van der Waals surface area contributed by atoms with Crippen LogP contribution in [0.5, 0.6) is 0 Å². The minimum Gasteiger partial charge on any atom is -0.320 e. The van der Waals surface area contributed by atoms with Crippen LogP contribution in [0.2, 0.25) is 0 Å². The summed E-state index contributed by atoms with van der Waals surface area (Å²) in [6.07, 6.45) is 0. The van der Waals surface area contributed by atoms with Gasteiger partial charge in [0.2, 0.25) is 0 Å². The summed E-state index contributed by atoms with van der Waals surface area (Å²) in [6.45, 7) is 0. The van der Waals surface area contributed by atoms with Gasteiger partial charge in [-0.25, -0.2) is 0 Å². The average Bonchev–Trinajstić information content (AvgIpc) is 2.13. The molecule has 0 fully saturated rings. The fraction of sp³-hybridized carbons (Fsp3) is 1.00. The molecule has 0 heterocycles. The highest BCUT2D eigenvalue weighted by molar-refractivity contribution is 6.78. The van der Waals surface area contributed by atoms with Gasteiger partial charge in [-0.15, -0.1) is 0 Å². The van der Waals surface area contributed by atoms with Gasteiger partial charge in [-0.1, -0.05) is 0 Å². The van der Waals surface area contributed by atoms with E-state index in [1.165, 1.54) is 0 Å². The lowest BCUT2D eigenvalue weighted by Crippen LogP contribution is -2.83. The van der Waals surface area contributed by atoms with Crippen molar-refractivity contribution in [3.05, 3.63) is 0 Å². The van der Waals surface area contributed by atoms with Crippen LogP contribution in [0.1, 0.15) is 0 Å². The highest BCUT2D eigenvalue weighted by atomic mass is 28.4. The van der Waals surface area contributed by atoms with E-state index in [1.54, 1.807) is 0 Å². The Morgan fingerprint density at radius 3 is 0.947 bits per heavy atom. The Morgan fingerprint density at radius 1 is 0.526 bits per heavy atom. The van der Waals surface area contributed by atoms with Crippen LogP contribution in [0.15, 0.2) is 0 Å². The summed E-state index contributed by atoms with van der Waals surface area (Å²) < 4.78 is 9.60. The van der Waals surface area contributed by atoms with Crippen LogP contribution in [0.3, 0.4) is 0 Å². The molecule has 0 spiro atoms. The van der Waals surface area contributed by atoms with Crippen molar-refractivity contribution < 1.29 is 0 Å². The first kappa shape index (κ1) is 19.0. The van der Waals surface area contributed by atoms with E-state index in [1.807, 2.05) is 0 Å². The quantitative estimate of drug-likeness (QED) is 0.564. The van der Waals surface area contributed by atoms with Crippen LogP contribution in [-0.2, 0) is 0 Å². The van der Waals surface area contributed by atoms with Crippen LogP contribution in [0.25, 0.3) is 0 Å². The molecule has 0 aliphatic rings. The minimum atomic E-state index is -2.07. The highest BCUT2D eigenvalue weighted by Crippen LogP contribution is 2.19. The second kappa shape index (κ2) is 7.17. The third kappa shape index (κ3) is 3.57. The van der Waals surface area contributed by atoms with E-state index in [4.69, 9.17) is 0 Å². The van der Waals surface area contributed by atoms with E-state index in [0.717, 1.165) is 0 Å². The predicted octanol–water partition coefficient (Wildman–Crippen LogP) is -0.853. The van der Waals surface area contributed by atoms with E-state index >= 15 is 0 Å². The van der Waals surface area contributed by atoms with E-state index in [2.05, 4.69) is 105 Å². The number of nitrogens with zero attached hydrogens (tertiary/aromatic N) is 6. The zero-order chi connectivity index (χ0) is 15.5. The average molecular weight is 288 g/mol. The van der Waals surface area contributed by atoms with Crippen LogP contribution in [0.4, 0.5) is 0 Å². The van der Waals surface area contributed by atoms with Gasteiger partial charge in [0, 0.05) is 0 Å². The molecule has 0 saturated carbocycles. The van der Waals surface area contributed by atoms with Crippen molar-refractivity contribution in [2.75, 3.05) is 77.5 Å². The molecule has 0 aromatic rings. The van der Waals surface area contributed by atoms with Crippen molar-refractivity contribution in [2.45, 2.75) is 0 Å². The fourth-order valence-electron chi connectivity index (χ4n) is 3.46. The monoisotopic (exact) mass is 288 g/mol. The van der Waals surface area contributed by atoms with Gasteiger partial charge in [0.1, 0.15) is 0 Å². The molecule has 0 N–H and O–H groups in total. The summed E-state index contributed by atoms with van der Waals surface area (Å²) >= 11 is 0. The maximum atomic E-state index is 2.49. The Kier molecular flexibility index (Phi) is 7.18. The third-order valence-electron chi connectivity index (χ3n) is 3.54. The van der Waals surface area contributed by atoms with Gasteiger partial charge in [0.05, 0.1) is 0 Å². The zero-order valence-corrected chi connectivity index (χ0v) is 15.8. The zero-order valence-electron chi connectivity index (χ0n) is 14.8. The molecule has 0 rings (SSSR count). The van der Waals surface area contributed by atoms with Crippen molar-refractivity contribution in [3.63, 3.8) is 0 Å². The summed E-state index contributed by atoms with van der Waals surface area (Å²) in [5.74, 6) is 0. The van der Waals surface area contributed by atoms with Crippen molar-refractivity contribution in [3.8, 4) is 0 Å². The van der Waals surface area contributed by atoms with E-state index in [9.17, 15) is 0 Å². The lowest BCUT2D eigenvalue weighted by Gasteiger charge is -2.54. The van der Waals surface area contributed by atoms with Gasteiger partial charge in [-0.05, 0) is 77.5 Å². The molecule has 0 aliphatic heterocycles. The lowest BCUT2D eigenvalue weighted by atomic mass is 9.90. The summed E-state index contributed by atoms with van der Waals surface area (Å²) in [5, 5.41) is 0. The van der Waals surface area contributed by atoms with Crippen molar-refractivity contribution in [1.82, 2.24) is 27.8 Å². The number of rotatable bonds is 7. The summed E-state index contributed by atoms with van der Waals surface area (Å²) in [6, 6.07) is 0. The standard InChI is InChI=1S/C11H33BN6Si/c1-13(2)12(14(3)4)18(11)19(15(5)6,16(7)8)17(9)10/h1-11H3. The first-order chi connectivity index (χ1) is 8.51. The van der Waals surface area contributed by atoms with Crippen LogP contribution in [0, 0.1) is 0 Å². The maximum Gasteiger partial charge on any atom is 0.398 e. The molecule has 0 bridgehead atoms. The molecule has 0 unspecified atom stereocenters. The summed E-state index contributed by atoms with van der Waals surface area (Å²) in [7, 11) is 21.9. The van der Waals surface area contributed by atoms with Gasteiger partial charge in [0.15, 0.2) is 0 Å². The minimum absolute atomic E-state index is 0.249. The Balaban J connectivity index is 5.72. The molecule has 0 atom stereocenters. The van der Waals surface area contributed by atoms with Gasteiger partial charge in [-0.3, -0.25) is 13.7 Å². The molecule has 114 valence electrons. The fourth-order valence-corrected chi connectivity index (χ4v) is 8.52. The molecule has 8 heteroatoms. The number of hydrogen-bond acceptors (Lipinski definition) is 6. The summed E-state index contributed by atoms with van der Waals surface area (Å²) in [4.78, 5) is 4.50. The molecule has 0 saturated heterocycles. The largest absolute Gasteiger partial charge is 0.398 e. The van der Waals surface area contributed by atoms with Gasteiger partial charge < -0.3 is 14.1 Å². The van der Waals surface area contributed by atoms with E-state index in [0.29, 0.717) is 0 Å². The molecular weight excluding hydrogens is 255 g/mol. The smallest absolute Gasteiger partial charge is 0.320 e. The normalized spacial score (nSPS) is 13.7. The molecule has 6 nitrogen and oxygen atoms in total. The second-order valence-corrected chi connectivity index (χ2v) is 10.8. The highest BCUT2D eigenvalue weighted by Gasteiger charge is 2.52. The molecule has 0 aliphatic carbocycles. The van der Waals surface area contributed by atoms with Crippen LogP contribution >= 0.6 is 0 Å². The van der Waals surface area contributed by atoms with Gasteiger partial charge in [-0.2, -0.15) is 0 Å². The predicted molar refractivity (Wildman–Crippen MR) is 87.7 cm³/mol. The SMILES string of the molecule is CN(C)B(N(C)C)N(C)[Si](N(C)C)(N(C)C)N(C)C. The van der Waals surface area contributed by atoms with E-state index < -0.39 is 8.72 Å². The Morgan fingerprint density at radius 2 is 0.789 bits per heavy atom. The molecule has 0 aromatic carbocycles. The van der Waals surface area contributed by atoms with Gasteiger partial charge >= 0.3 is 15.8 Å². The molecule has 0 amide bonds. The van der Waals surface area contributed by atoms with Crippen LogP contribution in [-0.4, -0.2) is 121 Å². The summed E-state index contributed by atoms with van der Waals surface area (Å²) in [5.41, 5.74) is 0. The van der Waals surface area contributed by atoms with E-state index in [-0.39, 0.29) is 7.12 Å². The molecule has 19 heavy (non-hydrogen) atoms.